The van der Waals surface area contributed by atoms with Gasteiger partial charge in [-0.25, -0.2) is 4.68 Å². The zero-order chi connectivity index (χ0) is 20.5. The summed E-state index contributed by atoms with van der Waals surface area (Å²) >= 11 is 0. The lowest BCUT2D eigenvalue weighted by Gasteiger charge is -2.26. The van der Waals surface area contributed by atoms with E-state index >= 15 is 0 Å². The monoisotopic (exact) mass is 391 g/mol. The summed E-state index contributed by atoms with van der Waals surface area (Å²) in [4.78, 5) is 12.6. The molecule has 0 aliphatic carbocycles. The second-order valence-corrected chi connectivity index (χ2v) is 7.39. The third-order valence-electron chi connectivity index (χ3n) is 5.37. The van der Waals surface area contributed by atoms with Crippen LogP contribution in [0, 0.1) is 13.8 Å². The van der Waals surface area contributed by atoms with E-state index in [-0.39, 0.29) is 11.8 Å². The Bertz CT molecular complexity index is 1060. The lowest BCUT2D eigenvalue weighted by atomic mass is 9.84. The molecule has 0 bridgehead atoms. The maximum Gasteiger partial charge on any atom is 0.226 e. The van der Waals surface area contributed by atoms with Gasteiger partial charge in [-0.3, -0.25) is 4.79 Å². The Kier molecular flexibility index (Phi) is 5.01. The maximum absolute atomic E-state index is 12.6. The topological polar surface area (TPSA) is 65.4 Å². The number of aromatic nitrogens is 2. The van der Waals surface area contributed by atoms with Gasteiger partial charge in [-0.1, -0.05) is 36.4 Å². The van der Waals surface area contributed by atoms with Crippen molar-refractivity contribution in [2.45, 2.75) is 32.7 Å². The summed E-state index contributed by atoms with van der Waals surface area (Å²) in [5.74, 6) is 1.92. The first-order valence-electron chi connectivity index (χ1n) is 9.65. The number of ether oxygens (including phenoxy) is 2. The minimum absolute atomic E-state index is 0.0285. The number of nitrogens with one attached hydrogen (secondary N) is 1. The van der Waals surface area contributed by atoms with E-state index in [4.69, 9.17) is 14.6 Å². The number of methoxy groups -OCH3 is 2. The fourth-order valence-electron chi connectivity index (χ4n) is 4.15. The molecule has 1 aliphatic rings. The summed E-state index contributed by atoms with van der Waals surface area (Å²) in [5.41, 5.74) is 5.07. The van der Waals surface area contributed by atoms with Crippen molar-refractivity contribution in [3.05, 3.63) is 70.4 Å². The molecule has 2 heterocycles. The van der Waals surface area contributed by atoms with E-state index in [1.165, 1.54) is 0 Å². The highest BCUT2D eigenvalue weighted by atomic mass is 16.5. The maximum atomic E-state index is 12.6. The van der Waals surface area contributed by atoms with Gasteiger partial charge in [-0.15, -0.1) is 0 Å². The summed E-state index contributed by atoms with van der Waals surface area (Å²) in [6, 6.07) is 14.1. The summed E-state index contributed by atoms with van der Waals surface area (Å²) < 4.78 is 13.1. The molecule has 1 aromatic heterocycles. The predicted octanol–water partition coefficient (Wildman–Crippen LogP) is 4.04. The number of fused-ring (bicyclic) bond motifs is 1. The fraction of sp³-hybridized carbons (Fsp3) is 0.304. The Morgan fingerprint density at radius 1 is 1.14 bits per heavy atom. The summed E-state index contributed by atoms with van der Waals surface area (Å²) in [7, 11) is 3.26. The zero-order valence-corrected chi connectivity index (χ0v) is 17.2. The molecule has 1 N–H and O–H groups in total. The number of hydrogen-bond acceptors (Lipinski definition) is 4. The van der Waals surface area contributed by atoms with Crippen molar-refractivity contribution in [3.8, 4) is 11.5 Å². The molecule has 150 valence electrons. The highest BCUT2D eigenvalue weighted by molar-refractivity contribution is 5.95. The van der Waals surface area contributed by atoms with E-state index in [2.05, 4.69) is 23.5 Å². The molecule has 1 aliphatic heterocycles. The number of hydrogen-bond donors (Lipinski definition) is 1. The molecular weight excluding hydrogens is 366 g/mol. The van der Waals surface area contributed by atoms with Gasteiger partial charge in [0.05, 0.1) is 26.5 Å². The van der Waals surface area contributed by atoms with Gasteiger partial charge in [0, 0.05) is 23.5 Å². The summed E-state index contributed by atoms with van der Waals surface area (Å²) in [6.45, 7) is 4.60. The average molecular weight is 391 g/mol. The van der Waals surface area contributed by atoms with Crippen LogP contribution in [0.1, 0.15) is 40.3 Å². The van der Waals surface area contributed by atoms with Crippen LogP contribution in [0.3, 0.4) is 0 Å². The molecule has 29 heavy (non-hydrogen) atoms. The van der Waals surface area contributed by atoms with Gasteiger partial charge in [0.2, 0.25) is 5.91 Å². The molecule has 1 unspecified atom stereocenters. The predicted molar refractivity (Wildman–Crippen MR) is 112 cm³/mol. The molecule has 0 spiro atoms. The van der Waals surface area contributed by atoms with Crippen LogP contribution in [0.25, 0.3) is 0 Å². The minimum atomic E-state index is -0.146. The SMILES string of the molecule is COc1cc(C)cc(C2CC(=O)Nc3c2c(C)nn3Cc2ccccc2)c1OC. The van der Waals surface area contributed by atoms with Gasteiger partial charge in [0.15, 0.2) is 11.5 Å². The average Bonchev–Trinajstić information content (AvgIpc) is 3.02. The number of carbonyl (C=O) groups excluding carboxylic acids is 1. The van der Waals surface area contributed by atoms with Crippen molar-refractivity contribution in [1.29, 1.82) is 0 Å². The Balaban J connectivity index is 1.84. The first-order chi connectivity index (χ1) is 14.0. The van der Waals surface area contributed by atoms with E-state index in [0.717, 1.165) is 33.8 Å². The normalized spacial score (nSPS) is 15.6. The largest absolute Gasteiger partial charge is 0.493 e. The molecule has 0 radical (unpaired) electrons. The smallest absolute Gasteiger partial charge is 0.226 e. The minimum Gasteiger partial charge on any atom is -0.493 e. The number of rotatable bonds is 5. The van der Waals surface area contributed by atoms with E-state index < -0.39 is 0 Å². The van der Waals surface area contributed by atoms with Gasteiger partial charge < -0.3 is 14.8 Å². The molecule has 0 saturated carbocycles. The van der Waals surface area contributed by atoms with Crippen LogP contribution in [-0.4, -0.2) is 29.9 Å². The van der Waals surface area contributed by atoms with E-state index in [1.54, 1.807) is 14.2 Å². The number of carbonyl (C=O) groups is 1. The Hall–Kier alpha value is -3.28. The lowest BCUT2D eigenvalue weighted by Crippen LogP contribution is -2.25. The Morgan fingerprint density at radius 3 is 2.59 bits per heavy atom. The van der Waals surface area contributed by atoms with Crippen LogP contribution < -0.4 is 14.8 Å². The first-order valence-corrected chi connectivity index (χ1v) is 9.65. The van der Waals surface area contributed by atoms with Crippen LogP contribution in [0.5, 0.6) is 11.5 Å². The van der Waals surface area contributed by atoms with Crippen LogP contribution in [0.15, 0.2) is 42.5 Å². The molecule has 4 rings (SSSR count). The van der Waals surface area contributed by atoms with Gasteiger partial charge >= 0.3 is 0 Å². The third-order valence-corrected chi connectivity index (χ3v) is 5.37. The van der Waals surface area contributed by atoms with Crippen LogP contribution in [0.4, 0.5) is 5.82 Å². The quantitative estimate of drug-likeness (QED) is 0.713. The third kappa shape index (κ3) is 3.46. The van der Waals surface area contributed by atoms with Gasteiger partial charge in [0.25, 0.3) is 0 Å². The molecule has 2 aromatic carbocycles. The molecule has 3 aromatic rings. The van der Waals surface area contributed by atoms with Crippen molar-refractivity contribution < 1.29 is 14.3 Å². The van der Waals surface area contributed by atoms with Crippen molar-refractivity contribution in [3.63, 3.8) is 0 Å². The Morgan fingerprint density at radius 2 is 1.90 bits per heavy atom. The number of nitrogens with zero attached hydrogens (tertiary/aromatic N) is 2. The molecular formula is C23H25N3O3. The highest BCUT2D eigenvalue weighted by Gasteiger charge is 2.34. The molecule has 0 fully saturated rings. The molecule has 0 saturated heterocycles. The highest BCUT2D eigenvalue weighted by Crippen LogP contribution is 2.45. The van der Waals surface area contributed by atoms with Crippen molar-refractivity contribution in [2.24, 2.45) is 0 Å². The van der Waals surface area contributed by atoms with Crippen LogP contribution >= 0.6 is 0 Å². The summed E-state index contributed by atoms with van der Waals surface area (Å²) in [6.07, 6.45) is 0.341. The number of benzene rings is 2. The second kappa shape index (κ2) is 7.62. The van der Waals surface area contributed by atoms with E-state index in [0.29, 0.717) is 24.5 Å². The lowest BCUT2D eigenvalue weighted by molar-refractivity contribution is -0.116. The van der Waals surface area contributed by atoms with Crippen LogP contribution in [-0.2, 0) is 11.3 Å². The zero-order valence-electron chi connectivity index (χ0n) is 17.2. The molecule has 6 nitrogen and oxygen atoms in total. The molecule has 6 heteroatoms. The first kappa shape index (κ1) is 19.1. The molecule has 1 atom stereocenters. The van der Waals surface area contributed by atoms with Gasteiger partial charge in [-0.2, -0.15) is 5.10 Å². The summed E-state index contributed by atoms with van der Waals surface area (Å²) in [5, 5.41) is 7.79. The Labute approximate surface area is 170 Å². The van der Waals surface area contributed by atoms with Crippen molar-refractivity contribution in [1.82, 2.24) is 9.78 Å². The van der Waals surface area contributed by atoms with E-state index in [9.17, 15) is 4.79 Å². The van der Waals surface area contributed by atoms with Crippen LogP contribution in [0.2, 0.25) is 0 Å². The van der Waals surface area contributed by atoms with Gasteiger partial charge in [-0.05, 0) is 31.0 Å². The van der Waals surface area contributed by atoms with E-state index in [1.807, 2.05) is 42.8 Å². The van der Waals surface area contributed by atoms with Crippen molar-refractivity contribution >= 4 is 11.7 Å². The number of anilines is 1. The second-order valence-electron chi connectivity index (χ2n) is 7.39. The fourth-order valence-corrected chi connectivity index (χ4v) is 4.15. The van der Waals surface area contributed by atoms with Gasteiger partial charge in [0.1, 0.15) is 5.82 Å². The number of aryl methyl sites for hydroxylation is 2. The number of amides is 1. The van der Waals surface area contributed by atoms with Crippen molar-refractivity contribution in [2.75, 3.05) is 19.5 Å². The standard InChI is InChI=1S/C23H25N3O3/c1-14-10-18(22(29-4)19(11-14)28-3)17-12-20(27)24-23-21(17)15(2)25-26(23)13-16-8-6-5-7-9-16/h5-11,17H,12-13H2,1-4H3,(H,24,27). The molecule has 1 amide bonds.